The van der Waals surface area contributed by atoms with Gasteiger partial charge in [0, 0.05) is 11.8 Å². The second-order valence-electron chi connectivity index (χ2n) is 5.09. The molecule has 7 heteroatoms. The average Bonchev–Trinajstić information content (AvgIpc) is 2.65. The lowest BCUT2D eigenvalue weighted by Crippen LogP contribution is -2.34. The van der Waals surface area contributed by atoms with E-state index in [9.17, 15) is 9.59 Å². The lowest BCUT2D eigenvalue weighted by molar-refractivity contribution is -0.142. The van der Waals surface area contributed by atoms with Crippen LogP contribution in [-0.4, -0.2) is 25.0 Å². The Hall–Kier alpha value is -2.81. The standard InChI is InChI=1S/C19H14Cl2N2O3/c20-16-8-6-14(12-17(16)21)7-9-19(25)26-13-18(24)23(11-10-22)15-4-2-1-3-5-15/h1-9,12H,11,13H2/b9-7+. The van der Waals surface area contributed by atoms with E-state index in [1.165, 1.54) is 17.1 Å². The molecule has 0 radical (unpaired) electrons. The number of hydrogen-bond donors (Lipinski definition) is 0. The molecule has 0 heterocycles. The highest BCUT2D eigenvalue weighted by atomic mass is 35.5. The summed E-state index contributed by atoms with van der Waals surface area (Å²) in [4.78, 5) is 25.3. The Morgan fingerprint density at radius 3 is 2.50 bits per heavy atom. The maximum atomic E-state index is 12.2. The Labute approximate surface area is 161 Å². The number of para-hydroxylation sites is 1. The Morgan fingerprint density at radius 2 is 1.85 bits per heavy atom. The number of benzene rings is 2. The summed E-state index contributed by atoms with van der Waals surface area (Å²) < 4.78 is 4.94. The minimum absolute atomic E-state index is 0.139. The predicted molar refractivity (Wildman–Crippen MR) is 101 cm³/mol. The summed E-state index contributed by atoms with van der Waals surface area (Å²) in [6, 6.07) is 15.5. The summed E-state index contributed by atoms with van der Waals surface area (Å²) >= 11 is 11.7. The molecule has 0 aliphatic rings. The number of nitriles is 1. The van der Waals surface area contributed by atoms with Crippen LogP contribution in [0.4, 0.5) is 5.69 Å². The fourth-order valence-corrected chi connectivity index (χ4v) is 2.35. The van der Waals surface area contributed by atoms with Crippen molar-refractivity contribution in [2.75, 3.05) is 18.1 Å². The maximum Gasteiger partial charge on any atom is 0.331 e. The van der Waals surface area contributed by atoms with E-state index in [4.69, 9.17) is 33.2 Å². The first-order valence-electron chi connectivity index (χ1n) is 7.53. The summed E-state index contributed by atoms with van der Waals surface area (Å²) in [6.07, 6.45) is 2.68. The van der Waals surface area contributed by atoms with E-state index in [-0.39, 0.29) is 6.54 Å². The van der Waals surface area contributed by atoms with Crippen LogP contribution in [0.15, 0.2) is 54.6 Å². The van der Waals surface area contributed by atoms with E-state index in [0.717, 1.165) is 0 Å². The first-order chi connectivity index (χ1) is 12.5. The highest BCUT2D eigenvalue weighted by Crippen LogP contribution is 2.23. The number of nitrogens with zero attached hydrogens (tertiary/aromatic N) is 2. The summed E-state index contributed by atoms with van der Waals surface area (Å²) in [6.45, 7) is -0.610. The van der Waals surface area contributed by atoms with Crippen LogP contribution in [0.3, 0.4) is 0 Å². The molecule has 2 aromatic rings. The molecular weight excluding hydrogens is 375 g/mol. The number of anilines is 1. The van der Waals surface area contributed by atoms with Crippen LogP contribution in [0.25, 0.3) is 6.08 Å². The van der Waals surface area contributed by atoms with Crippen molar-refractivity contribution in [2.45, 2.75) is 0 Å². The maximum absolute atomic E-state index is 12.2. The molecule has 0 saturated carbocycles. The smallest absolute Gasteiger partial charge is 0.331 e. The zero-order valence-corrected chi connectivity index (χ0v) is 15.1. The van der Waals surface area contributed by atoms with Gasteiger partial charge in [-0.1, -0.05) is 47.5 Å². The van der Waals surface area contributed by atoms with Gasteiger partial charge in [0.1, 0.15) is 6.54 Å². The van der Waals surface area contributed by atoms with E-state index in [2.05, 4.69) is 0 Å². The van der Waals surface area contributed by atoms with Crippen LogP contribution in [0.1, 0.15) is 5.56 Å². The van der Waals surface area contributed by atoms with Crippen LogP contribution in [0.5, 0.6) is 0 Å². The first kappa shape index (κ1) is 19.5. The molecule has 1 amide bonds. The summed E-state index contributed by atoms with van der Waals surface area (Å²) in [5.74, 6) is -1.18. The van der Waals surface area contributed by atoms with Crippen molar-refractivity contribution in [2.24, 2.45) is 0 Å². The molecule has 0 atom stereocenters. The summed E-state index contributed by atoms with van der Waals surface area (Å²) in [5, 5.41) is 9.67. The number of hydrogen-bond acceptors (Lipinski definition) is 4. The molecule has 0 unspecified atom stereocenters. The van der Waals surface area contributed by atoms with Crippen molar-refractivity contribution in [3.8, 4) is 6.07 Å². The van der Waals surface area contributed by atoms with Gasteiger partial charge in [0.25, 0.3) is 5.91 Å². The molecule has 0 spiro atoms. The fraction of sp³-hybridized carbons (Fsp3) is 0.105. The summed E-state index contributed by atoms with van der Waals surface area (Å²) in [5.41, 5.74) is 1.22. The van der Waals surface area contributed by atoms with Gasteiger partial charge in [-0.3, -0.25) is 9.69 Å². The van der Waals surface area contributed by atoms with Crippen molar-refractivity contribution >= 4 is 46.8 Å². The number of amides is 1. The highest BCUT2D eigenvalue weighted by Gasteiger charge is 2.16. The first-order valence-corrected chi connectivity index (χ1v) is 8.29. The number of carbonyl (C=O) groups is 2. The van der Waals surface area contributed by atoms with E-state index < -0.39 is 18.5 Å². The number of carbonyl (C=O) groups excluding carboxylic acids is 2. The van der Waals surface area contributed by atoms with E-state index in [0.29, 0.717) is 21.3 Å². The van der Waals surface area contributed by atoms with Crippen molar-refractivity contribution < 1.29 is 14.3 Å². The third-order valence-corrected chi connectivity index (χ3v) is 4.03. The number of esters is 1. The molecule has 0 fully saturated rings. The third kappa shape index (κ3) is 5.62. The van der Waals surface area contributed by atoms with Gasteiger partial charge in [-0.15, -0.1) is 0 Å². The minimum atomic E-state index is -0.686. The monoisotopic (exact) mass is 388 g/mol. The van der Waals surface area contributed by atoms with Crippen molar-refractivity contribution in [1.29, 1.82) is 5.26 Å². The Balaban J connectivity index is 1.94. The van der Waals surface area contributed by atoms with Crippen molar-refractivity contribution in [3.05, 3.63) is 70.2 Å². The van der Waals surface area contributed by atoms with E-state index in [1.807, 2.05) is 6.07 Å². The molecule has 0 aliphatic carbocycles. The van der Waals surface area contributed by atoms with Gasteiger partial charge < -0.3 is 4.74 Å². The van der Waals surface area contributed by atoms with Crippen molar-refractivity contribution in [3.63, 3.8) is 0 Å². The zero-order valence-electron chi connectivity index (χ0n) is 13.6. The van der Waals surface area contributed by atoms with Crippen LogP contribution < -0.4 is 4.90 Å². The van der Waals surface area contributed by atoms with Gasteiger partial charge in [0.15, 0.2) is 6.61 Å². The Kier molecular flexibility index (Phi) is 7.22. The molecule has 26 heavy (non-hydrogen) atoms. The van der Waals surface area contributed by atoms with Gasteiger partial charge in [-0.2, -0.15) is 5.26 Å². The van der Waals surface area contributed by atoms with Crippen LogP contribution in [0, 0.1) is 11.3 Å². The molecule has 0 saturated heterocycles. The van der Waals surface area contributed by atoms with E-state index in [1.54, 1.807) is 48.5 Å². The molecule has 0 aromatic heterocycles. The third-order valence-electron chi connectivity index (χ3n) is 3.29. The highest BCUT2D eigenvalue weighted by molar-refractivity contribution is 6.42. The van der Waals surface area contributed by atoms with Gasteiger partial charge in [0.2, 0.25) is 0 Å². The fourth-order valence-electron chi connectivity index (χ4n) is 2.04. The second kappa shape index (κ2) is 9.62. The molecule has 5 nitrogen and oxygen atoms in total. The molecule has 0 N–H and O–H groups in total. The minimum Gasteiger partial charge on any atom is -0.452 e. The normalized spacial score (nSPS) is 10.3. The zero-order chi connectivity index (χ0) is 18.9. The van der Waals surface area contributed by atoms with Crippen LogP contribution >= 0.6 is 23.2 Å². The largest absolute Gasteiger partial charge is 0.452 e. The lowest BCUT2D eigenvalue weighted by atomic mass is 10.2. The Morgan fingerprint density at radius 1 is 1.12 bits per heavy atom. The van der Waals surface area contributed by atoms with Gasteiger partial charge >= 0.3 is 5.97 Å². The molecule has 2 aromatic carbocycles. The van der Waals surface area contributed by atoms with Gasteiger partial charge in [0.05, 0.1) is 16.1 Å². The van der Waals surface area contributed by atoms with Crippen molar-refractivity contribution in [1.82, 2.24) is 0 Å². The van der Waals surface area contributed by atoms with Crippen LogP contribution in [0.2, 0.25) is 10.0 Å². The molecular formula is C19H14Cl2N2O3. The number of halogens is 2. The molecule has 0 aliphatic heterocycles. The SMILES string of the molecule is N#CCN(C(=O)COC(=O)/C=C/c1ccc(Cl)c(Cl)c1)c1ccccc1. The number of ether oxygens (including phenoxy) is 1. The quantitative estimate of drug-likeness (QED) is 0.424. The Bertz CT molecular complexity index is 861. The topological polar surface area (TPSA) is 70.4 Å². The lowest BCUT2D eigenvalue weighted by Gasteiger charge is -2.19. The second-order valence-corrected chi connectivity index (χ2v) is 5.90. The predicted octanol–water partition coefficient (Wildman–Crippen LogP) is 4.11. The van der Waals surface area contributed by atoms with Crippen LogP contribution in [-0.2, 0) is 14.3 Å². The molecule has 132 valence electrons. The molecule has 0 bridgehead atoms. The summed E-state index contributed by atoms with van der Waals surface area (Å²) in [7, 11) is 0. The molecule has 2 rings (SSSR count). The number of rotatable bonds is 6. The van der Waals surface area contributed by atoms with Gasteiger partial charge in [-0.25, -0.2) is 4.79 Å². The van der Waals surface area contributed by atoms with Gasteiger partial charge in [-0.05, 0) is 35.9 Å². The van der Waals surface area contributed by atoms with E-state index >= 15 is 0 Å². The average molecular weight is 389 g/mol.